The van der Waals surface area contributed by atoms with Crippen LogP contribution in [0.3, 0.4) is 0 Å². The highest BCUT2D eigenvalue weighted by atomic mass is 16.5. The van der Waals surface area contributed by atoms with Crippen LogP contribution in [0.5, 0.6) is 0 Å². The van der Waals surface area contributed by atoms with Gasteiger partial charge in [-0.1, -0.05) is 12.8 Å². The topological polar surface area (TPSA) is 52.6 Å². The van der Waals surface area contributed by atoms with E-state index < -0.39 is 0 Å². The molecule has 90 valence electrons. The maximum Gasteiger partial charge on any atom is 0.309 e. The summed E-state index contributed by atoms with van der Waals surface area (Å²) in [5.74, 6) is 0.131. The van der Waals surface area contributed by atoms with Crippen molar-refractivity contribution in [2.24, 2.45) is 11.8 Å². The fourth-order valence-electron chi connectivity index (χ4n) is 2.38. The normalized spacial score (nSPS) is 29.2. The molecule has 0 aromatic rings. The van der Waals surface area contributed by atoms with E-state index in [1.165, 1.54) is 0 Å². The van der Waals surface area contributed by atoms with Gasteiger partial charge in [0.25, 0.3) is 0 Å². The predicted octanol–water partition coefficient (Wildman–Crippen LogP) is 1.67. The Morgan fingerprint density at radius 1 is 0.875 bits per heavy atom. The van der Waals surface area contributed by atoms with Crippen molar-refractivity contribution in [3.63, 3.8) is 0 Å². The SMILES string of the molecule is O=C1OCCC1CCCCC1CCOC1=O. The molecule has 0 N–H and O–H groups in total. The largest absolute Gasteiger partial charge is 0.465 e. The first-order valence-corrected chi connectivity index (χ1v) is 6.10. The number of esters is 2. The zero-order valence-electron chi connectivity index (χ0n) is 9.44. The zero-order valence-corrected chi connectivity index (χ0v) is 9.44. The molecule has 0 bridgehead atoms. The molecule has 0 aromatic carbocycles. The van der Waals surface area contributed by atoms with Gasteiger partial charge >= 0.3 is 11.9 Å². The Hall–Kier alpha value is -1.06. The molecule has 2 rings (SSSR count). The molecule has 2 fully saturated rings. The van der Waals surface area contributed by atoms with Gasteiger partial charge in [0, 0.05) is 0 Å². The number of ether oxygens (including phenoxy) is 2. The highest BCUT2D eigenvalue weighted by Gasteiger charge is 2.27. The van der Waals surface area contributed by atoms with Crippen molar-refractivity contribution >= 4 is 11.9 Å². The van der Waals surface area contributed by atoms with Crippen molar-refractivity contribution in [3.05, 3.63) is 0 Å². The summed E-state index contributed by atoms with van der Waals surface area (Å²) in [6.07, 6.45) is 5.54. The van der Waals surface area contributed by atoms with E-state index in [9.17, 15) is 9.59 Å². The molecule has 2 heterocycles. The van der Waals surface area contributed by atoms with Crippen LogP contribution in [0.4, 0.5) is 0 Å². The quantitative estimate of drug-likeness (QED) is 0.528. The van der Waals surface area contributed by atoms with Gasteiger partial charge in [-0.2, -0.15) is 0 Å². The van der Waals surface area contributed by atoms with Gasteiger partial charge in [-0.15, -0.1) is 0 Å². The van der Waals surface area contributed by atoms with Crippen LogP contribution in [-0.4, -0.2) is 25.2 Å². The second-order valence-corrected chi connectivity index (χ2v) is 4.59. The minimum absolute atomic E-state index is 0.0414. The molecule has 0 saturated carbocycles. The van der Waals surface area contributed by atoms with Crippen molar-refractivity contribution in [2.45, 2.75) is 38.5 Å². The minimum Gasteiger partial charge on any atom is -0.465 e. The fraction of sp³-hybridized carbons (Fsp3) is 0.833. The van der Waals surface area contributed by atoms with Crippen LogP contribution in [-0.2, 0) is 19.1 Å². The Kier molecular flexibility index (Phi) is 3.80. The molecular weight excluding hydrogens is 208 g/mol. The van der Waals surface area contributed by atoms with E-state index in [1.807, 2.05) is 0 Å². The molecule has 16 heavy (non-hydrogen) atoms. The molecule has 4 nitrogen and oxygen atoms in total. The smallest absolute Gasteiger partial charge is 0.309 e. The van der Waals surface area contributed by atoms with Gasteiger partial charge in [0.2, 0.25) is 0 Å². The van der Waals surface area contributed by atoms with Gasteiger partial charge in [-0.3, -0.25) is 9.59 Å². The number of rotatable bonds is 5. The van der Waals surface area contributed by atoms with Crippen molar-refractivity contribution in [3.8, 4) is 0 Å². The average Bonchev–Trinajstić information content (AvgIpc) is 2.84. The Morgan fingerprint density at radius 3 is 1.62 bits per heavy atom. The second kappa shape index (κ2) is 5.32. The lowest BCUT2D eigenvalue weighted by Gasteiger charge is -2.07. The third kappa shape index (κ3) is 2.74. The van der Waals surface area contributed by atoms with Gasteiger partial charge in [-0.25, -0.2) is 0 Å². The number of unbranched alkanes of at least 4 members (excludes halogenated alkanes) is 1. The number of cyclic esters (lactones) is 2. The predicted molar refractivity (Wildman–Crippen MR) is 56.6 cm³/mol. The van der Waals surface area contributed by atoms with E-state index in [0.29, 0.717) is 13.2 Å². The molecule has 0 aliphatic carbocycles. The molecule has 2 unspecified atom stereocenters. The van der Waals surface area contributed by atoms with Crippen LogP contribution in [0.1, 0.15) is 38.5 Å². The maximum absolute atomic E-state index is 11.2. The molecule has 0 spiro atoms. The van der Waals surface area contributed by atoms with Crippen LogP contribution in [0.2, 0.25) is 0 Å². The molecule has 0 amide bonds. The van der Waals surface area contributed by atoms with Gasteiger partial charge in [0.15, 0.2) is 0 Å². The van der Waals surface area contributed by atoms with Crippen LogP contribution in [0, 0.1) is 11.8 Å². The lowest BCUT2D eigenvalue weighted by Crippen LogP contribution is -2.09. The highest BCUT2D eigenvalue weighted by molar-refractivity contribution is 5.74. The summed E-state index contributed by atoms with van der Waals surface area (Å²) >= 11 is 0. The first-order valence-electron chi connectivity index (χ1n) is 6.10. The van der Waals surface area contributed by atoms with E-state index >= 15 is 0 Å². The van der Waals surface area contributed by atoms with Crippen LogP contribution < -0.4 is 0 Å². The number of hydrogen-bond acceptors (Lipinski definition) is 4. The molecule has 2 aliphatic heterocycles. The summed E-state index contributed by atoms with van der Waals surface area (Å²) in [4.78, 5) is 22.4. The number of hydrogen-bond donors (Lipinski definition) is 0. The number of carbonyl (C=O) groups is 2. The van der Waals surface area contributed by atoms with Gasteiger partial charge in [0.1, 0.15) is 0 Å². The lowest BCUT2D eigenvalue weighted by molar-refractivity contribution is -0.142. The third-order valence-electron chi connectivity index (χ3n) is 3.44. The molecule has 2 aliphatic rings. The standard InChI is InChI=1S/C12H18O4/c13-11-9(5-7-15-11)3-1-2-4-10-6-8-16-12(10)14/h9-10H,1-8H2. The zero-order chi connectivity index (χ0) is 11.4. The summed E-state index contributed by atoms with van der Waals surface area (Å²) in [6.45, 7) is 1.16. The average molecular weight is 226 g/mol. The molecule has 0 aromatic heterocycles. The third-order valence-corrected chi connectivity index (χ3v) is 3.44. The summed E-state index contributed by atoms with van der Waals surface area (Å²) in [5, 5.41) is 0. The minimum atomic E-state index is -0.0414. The van der Waals surface area contributed by atoms with Gasteiger partial charge < -0.3 is 9.47 Å². The Bertz CT molecular complexity index is 246. The van der Waals surface area contributed by atoms with Crippen LogP contribution in [0.15, 0.2) is 0 Å². The van der Waals surface area contributed by atoms with E-state index in [0.717, 1.165) is 38.5 Å². The van der Waals surface area contributed by atoms with Crippen molar-refractivity contribution in [1.29, 1.82) is 0 Å². The lowest BCUT2D eigenvalue weighted by atomic mass is 9.96. The molecule has 2 saturated heterocycles. The molecule has 2 atom stereocenters. The number of carbonyl (C=O) groups excluding carboxylic acids is 2. The van der Waals surface area contributed by atoms with Gasteiger partial charge in [-0.05, 0) is 25.7 Å². The van der Waals surface area contributed by atoms with Crippen molar-refractivity contribution in [2.75, 3.05) is 13.2 Å². The molecular formula is C12H18O4. The summed E-state index contributed by atoms with van der Waals surface area (Å²) < 4.78 is 9.80. The van der Waals surface area contributed by atoms with Crippen molar-refractivity contribution in [1.82, 2.24) is 0 Å². The summed E-state index contributed by atoms with van der Waals surface area (Å²) in [5.41, 5.74) is 0. The first kappa shape index (κ1) is 11.4. The van der Waals surface area contributed by atoms with E-state index in [2.05, 4.69) is 0 Å². The Labute approximate surface area is 95.3 Å². The summed E-state index contributed by atoms with van der Waals surface area (Å²) in [6, 6.07) is 0. The highest BCUT2D eigenvalue weighted by Crippen LogP contribution is 2.24. The molecule has 0 radical (unpaired) electrons. The van der Waals surface area contributed by atoms with E-state index in [1.54, 1.807) is 0 Å². The monoisotopic (exact) mass is 226 g/mol. The van der Waals surface area contributed by atoms with Gasteiger partial charge in [0.05, 0.1) is 25.0 Å². The second-order valence-electron chi connectivity index (χ2n) is 4.59. The molecule has 4 heteroatoms. The van der Waals surface area contributed by atoms with Crippen molar-refractivity contribution < 1.29 is 19.1 Å². The Balaban J connectivity index is 1.58. The van der Waals surface area contributed by atoms with Crippen LogP contribution in [0.25, 0.3) is 0 Å². The maximum atomic E-state index is 11.2. The summed E-state index contributed by atoms with van der Waals surface area (Å²) in [7, 11) is 0. The van der Waals surface area contributed by atoms with Crippen LogP contribution >= 0.6 is 0 Å². The fourth-order valence-corrected chi connectivity index (χ4v) is 2.38. The first-order chi connectivity index (χ1) is 7.77. The Morgan fingerprint density at radius 2 is 1.31 bits per heavy atom. The van der Waals surface area contributed by atoms with E-state index in [-0.39, 0.29) is 23.8 Å². The van der Waals surface area contributed by atoms with E-state index in [4.69, 9.17) is 9.47 Å².